The second-order valence-corrected chi connectivity index (χ2v) is 10.8. The molecular formula is C22H10Br4Cl2N2O3. The van der Waals surface area contributed by atoms with Crippen LogP contribution in [0.4, 0.5) is 0 Å². The van der Waals surface area contributed by atoms with Crippen LogP contribution in [0.5, 0.6) is 0 Å². The second kappa shape index (κ2) is 9.79. The standard InChI is InChI=1S/C22H10Br4Cl2N2O3/c23-16-14-15(17(24)19(26)18(16)25)22(33)30(21(14)32)29(9-10-5-1-3-7-12(10)27)20(31)11-6-2-4-8-13(11)28/h1-8H,9H2. The monoisotopic (exact) mass is 736 g/mol. The van der Waals surface area contributed by atoms with Gasteiger partial charge in [0.1, 0.15) is 0 Å². The van der Waals surface area contributed by atoms with Crippen LogP contribution < -0.4 is 0 Å². The van der Waals surface area contributed by atoms with E-state index < -0.39 is 17.7 Å². The maximum absolute atomic E-state index is 13.6. The van der Waals surface area contributed by atoms with Crippen LogP contribution in [0, 0.1) is 0 Å². The largest absolute Gasteiger partial charge is 0.282 e. The summed E-state index contributed by atoms with van der Waals surface area (Å²) in [6, 6.07) is 13.3. The molecule has 0 saturated carbocycles. The molecule has 0 bridgehead atoms. The third kappa shape index (κ3) is 4.32. The Bertz CT molecular complexity index is 1300. The van der Waals surface area contributed by atoms with E-state index in [-0.39, 0.29) is 28.3 Å². The molecule has 0 atom stereocenters. The Morgan fingerprint density at radius 2 is 1.24 bits per heavy atom. The number of imide groups is 1. The fraction of sp³-hybridized carbons (Fsp3) is 0.0455. The van der Waals surface area contributed by atoms with Crippen molar-refractivity contribution in [1.29, 1.82) is 0 Å². The van der Waals surface area contributed by atoms with E-state index in [4.69, 9.17) is 23.2 Å². The molecule has 168 valence electrons. The number of hydrazine groups is 1. The summed E-state index contributed by atoms with van der Waals surface area (Å²) in [4.78, 5) is 40.7. The van der Waals surface area contributed by atoms with E-state index in [1.807, 2.05) is 0 Å². The van der Waals surface area contributed by atoms with Gasteiger partial charge in [0.15, 0.2) is 0 Å². The summed E-state index contributed by atoms with van der Waals surface area (Å²) in [6.07, 6.45) is 0. The molecule has 1 aliphatic rings. The van der Waals surface area contributed by atoms with Crippen molar-refractivity contribution in [3.8, 4) is 0 Å². The molecule has 0 radical (unpaired) electrons. The van der Waals surface area contributed by atoms with Gasteiger partial charge >= 0.3 is 0 Å². The van der Waals surface area contributed by atoms with E-state index >= 15 is 0 Å². The molecule has 0 aromatic heterocycles. The SMILES string of the molecule is O=C(c1ccccc1Cl)N(Cc1ccccc1Cl)N1C(=O)c2c(Br)c(Br)c(Br)c(Br)c2C1=O. The molecule has 5 nitrogen and oxygen atoms in total. The number of fused-ring (bicyclic) bond motifs is 1. The zero-order valence-corrected chi connectivity index (χ0v) is 24.1. The second-order valence-electron chi connectivity index (χ2n) is 6.86. The van der Waals surface area contributed by atoms with Gasteiger partial charge < -0.3 is 0 Å². The molecule has 1 heterocycles. The third-order valence-electron chi connectivity index (χ3n) is 4.94. The first-order chi connectivity index (χ1) is 15.6. The van der Waals surface area contributed by atoms with Crippen molar-refractivity contribution in [1.82, 2.24) is 10.0 Å². The van der Waals surface area contributed by atoms with Gasteiger partial charge in [-0.2, -0.15) is 5.01 Å². The van der Waals surface area contributed by atoms with Crippen LogP contribution in [0.1, 0.15) is 36.6 Å². The predicted molar refractivity (Wildman–Crippen MR) is 141 cm³/mol. The average Bonchev–Trinajstić information content (AvgIpc) is 3.06. The van der Waals surface area contributed by atoms with Gasteiger partial charge in [0.25, 0.3) is 17.7 Å². The molecule has 33 heavy (non-hydrogen) atoms. The highest BCUT2D eigenvalue weighted by molar-refractivity contribution is 9.15. The molecular weight excluding hydrogens is 731 g/mol. The summed E-state index contributed by atoms with van der Waals surface area (Å²) < 4.78 is 1.87. The smallest absolute Gasteiger partial charge is 0.267 e. The zero-order valence-electron chi connectivity index (χ0n) is 16.2. The van der Waals surface area contributed by atoms with Crippen LogP contribution >= 0.6 is 86.9 Å². The average molecular weight is 741 g/mol. The maximum Gasteiger partial charge on any atom is 0.282 e. The molecule has 4 rings (SSSR count). The number of carbonyl (C=O) groups excluding carboxylic acids is 3. The number of halogens is 6. The lowest BCUT2D eigenvalue weighted by molar-refractivity contribution is 0.000834. The van der Waals surface area contributed by atoms with E-state index in [2.05, 4.69) is 63.7 Å². The Balaban J connectivity index is 1.88. The van der Waals surface area contributed by atoms with E-state index in [0.29, 0.717) is 28.5 Å². The minimum Gasteiger partial charge on any atom is -0.267 e. The van der Waals surface area contributed by atoms with E-state index in [0.717, 1.165) is 10.0 Å². The summed E-state index contributed by atoms with van der Waals surface area (Å²) in [5.41, 5.74) is 0.941. The van der Waals surface area contributed by atoms with Crippen molar-refractivity contribution in [3.05, 3.63) is 98.7 Å². The van der Waals surface area contributed by atoms with Gasteiger partial charge in [-0.05, 0) is 87.5 Å². The van der Waals surface area contributed by atoms with Gasteiger partial charge in [0.2, 0.25) is 0 Å². The molecule has 11 heteroatoms. The van der Waals surface area contributed by atoms with Gasteiger partial charge in [-0.1, -0.05) is 53.5 Å². The summed E-state index contributed by atoms with van der Waals surface area (Å²) in [7, 11) is 0. The highest BCUT2D eigenvalue weighted by Gasteiger charge is 2.46. The Labute approximate surface area is 232 Å². The van der Waals surface area contributed by atoms with Crippen LogP contribution in [0.15, 0.2) is 66.4 Å². The Morgan fingerprint density at radius 1 is 0.758 bits per heavy atom. The Morgan fingerprint density at radius 3 is 1.76 bits per heavy atom. The van der Waals surface area contributed by atoms with Gasteiger partial charge in [-0.15, -0.1) is 0 Å². The highest BCUT2D eigenvalue weighted by Crippen LogP contribution is 2.46. The van der Waals surface area contributed by atoms with Gasteiger partial charge in [-0.25, -0.2) is 5.01 Å². The minimum absolute atomic E-state index is 0.123. The number of carbonyl (C=O) groups is 3. The molecule has 0 fully saturated rings. The fourth-order valence-corrected chi connectivity index (χ4v) is 6.22. The topological polar surface area (TPSA) is 57.7 Å². The van der Waals surface area contributed by atoms with Crippen molar-refractivity contribution in [3.63, 3.8) is 0 Å². The minimum atomic E-state index is -0.664. The zero-order chi connectivity index (χ0) is 24.0. The van der Waals surface area contributed by atoms with Crippen molar-refractivity contribution >= 4 is 105 Å². The van der Waals surface area contributed by atoms with E-state index in [1.165, 1.54) is 6.07 Å². The van der Waals surface area contributed by atoms with Gasteiger partial charge in [0.05, 0.1) is 28.3 Å². The van der Waals surface area contributed by atoms with Crippen LogP contribution in [-0.2, 0) is 6.54 Å². The number of amides is 3. The quantitative estimate of drug-likeness (QED) is 0.155. The molecule has 3 amide bonds. The molecule has 0 unspecified atom stereocenters. The lowest BCUT2D eigenvalue weighted by Gasteiger charge is -2.30. The molecule has 0 N–H and O–H groups in total. The highest BCUT2D eigenvalue weighted by atomic mass is 79.9. The number of benzene rings is 3. The Hall–Kier alpha value is -1.23. The van der Waals surface area contributed by atoms with E-state index in [9.17, 15) is 14.4 Å². The van der Waals surface area contributed by atoms with Crippen molar-refractivity contribution in [2.75, 3.05) is 0 Å². The first-order valence-electron chi connectivity index (χ1n) is 9.19. The molecule has 0 saturated heterocycles. The van der Waals surface area contributed by atoms with Gasteiger partial charge in [0, 0.05) is 22.9 Å². The van der Waals surface area contributed by atoms with Gasteiger partial charge in [-0.3, -0.25) is 14.4 Å². The fourth-order valence-electron chi connectivity index (χ4n) is 3.35. The normalized spacial score (nSPS) is 12.8. The van der Waals surface area contributed by atoms with Crippen LogP contribution in [-0.4, -0.2) is 27.7 Å². The molecule has 1 aliphatic heterocycles. The van der Waals surface area contributed by atoms with Crippen LogP contribution in [0.3, 0.4) is 0 Å². The maximum atomic E-state index is 13.6. The Kier molecular flexibility index (Phi) is 7.38. The van der Waals surface area contributed by atoms with Crippen molar-refractivity contribution in [2.45, 2.75) is 6.54 Å². The summed E-state index contributed by atoms with van der Waals surface area (Å²) in [5.74, 6) is -1.95. The number of hydrogen-bond acceptors (Lipinski definition) is 3. The first-order valence-corrected chi connectivity index (χ1v) is 13.1. The van der Waals surface area contributed by atoms with E-state index in [1.54, 1.807) is 42.5 Å². The molecule has 3 aromatic carbocycles. The lowest BCUT2D eigenvalue weighted by Crippen LogP contribution is -2.49. The summed E-state index contributed by atoms with van der Waals surface area (Å²) in [6.45, 7) is -0.132. The predicted octanol–water partition coefficient (Wildman–Crippen LogP) is 7.90. The number of rotatable bonds is 4. The summed E-state index contributed by atoms with van der Waals surface area (Å²) in [5, 5.41) is 2.47. The van der Waals surface area contributed by atoms with Crippen molar-refractivity contribution < 1.29 is 14.4 Å². The van der Waals surface area contributed by atoms with Crippen LogP contribution in [0.25, 0.3) is 0 Å². The third-order valence-corrected chi connectivity index (χ3v) is 10.4. The molecule has 0 spiro atoms. The van der Waals surface area contributed by atoms with Crippen LogP contribution in [0.2, 0.25) is 10.0 Å². The van der Waals surface area contributed by atoms with Crippen molar-refractivity contribution in [2.24, 2.45) is 0 Å². The lowest BCUT2D eigenvalue weighted by atomic mass is 10.1. The summed E-state index contributed by atoms with van der Waals surface area (Å²) >= 11 is 26.2. The molecule has 0 aliphatic carbocycles. The first kappa shape index (κ1) is 24.9. The number of nitrogens with zero attached hydrogens (tertiary/aromatic N) is 2. The molecule has 3 aromatic rings. The number of hydrogen-bond donors (Lipinski definition) is 0.